The SMILES string of the molecule is CC(C)(C)C1=CC=CC(O)C1(O)C(C)(C)C. The van der Waals surface area contributed by atoms with Crippen LogP contribution in [-0.2, 0) is 0 Å². The van der Waals surface area contributed by atoms with Crippen LogP contribution in [0.25, 0.3) is 0 Å². The van der Waals surface area contributed by atoms with E-state index >= 15 is 0 Å². The first kappa shape index (κ1) is 13.5. The van der Waals surface area contributed by atoms with Gasteiger partial charge in [0.1, 0.15) is 11.7 Å². The second-order valence-electron chi connectivity index (χ2n) is 6.68. The maximum absolute atomic E-state index is 10.9. The molecule has 0 radical (unpaired) electrons. The lowest BCUT2D eigenvalue weighted by atomic mass is 9.61. The van der Waals surface area contributed by atoms with Gasteiger partial charge >= 0.3 is 0 Å². The number of hydrogen-bond acceptors (Lipinski definition) is 2. The maximum atomic E-state index is 10.9. The molecule has 2 nitrogen and oxygen atoms in total. The molecule has 0 bridgehead atoms. The number of hydrogen-bond donors (Lipinski definition) is 2. The van der Waals surface area contributed by atoms with E-state index in [-0.39, 0.29) is 5.41 Å². The molecule has 2 N–H and O–H groups in total. The van der Waals surface area contributed by atoms with Crippen molar-refractivity contribution < 1.29 is 10.2 Å². The molecule has 0 saturated carbocycles. The van der Waals surface area contributed by atoms with Crippen LogP contribution in [0.4, 0.5) is 0 Å². The van der Waals surface area contributed by atoms with E-state index in [1.54, 1.807) is 6.08 Å². The lowest BCUT2D eigenvalue weighted by Gasteiger charge is -2.49. The number of rotatable bonds is 0. The van der Waals surface area contributed by atoms with E-state index < -0.39 is 17.1 Å². The average Bonchev–Trinajstić information content (AvgIpc) is 2.05. The van der Waals surface area contributed by atoms with Crippen LogP contribution < -0.4 is 0 Å². The fraction of sp³-hybridized carbons (Fsp3) is 0.714. The molecule has 0 heterocycles. The first-order valence-electron chi connectivity index (χ1n) is 5.81. The Bertz CT molecular complexity index is 326. The quantitative estimate of drug-likeness (QED) is 0.664. The first-order chi connectivity index (χ1) is 7.01. The summed E-state index contributed by atoms with van der Waals surface area (Å²) in [5.74, 6) is 0. The van der Waals surface area contributed by atoms with Crippen molar-refractivity contribution in [3.05, 3.63) is 23.8 Å². The molecule has 2 atom stereocenters. The zero-order chi connectivity index (χ0) is 12.8. The first-order valence-corrected chi connectivity index (χ1v) is 5.81. The monoisotopic (exact) mass is 224 g/mol. The van der Waals surface area contributed by atoms with Crippen molar-refractivity contribution in [2.24, 2.45) is 10.8 Å². The van der Waals surface area contributed by atoms with Crippen LogP contribution in [0, 0.1) is 10.8 Å². The predicted molar refractivity (Wildman–Crippen MR) is 67.1 cm³/mol. The van der Waals surface area contributed by atoms with Crippen molar-refractivity contribution in [2.75, 3.05) is 0 Å². The Hall–Kier alpha value is -0.600. The number of aliphatic hydroxyl groups excluding tert-OH is 1. The van der Waals surface area contributed by atoms with Gasteiger partial charge < -0.3 is 10.2 Å². The Kier molecular flexibility index (Phi) is 3.12. The Morgan fingerprint density at radius 3 is 1.94 bits per heavy atom. The van der Waals surface area contributed by atoms with Gasteiger partial charge in [0, 0.05) is 0 Å². The number of allylic oxidation sites excluding steroid dienone is 2. The second-order valence-corrected chi connectivity index (χ2v) is 6.68. The molecule has 16 heavy (non-hydrogen) atoms. The summed E-state index contributed by atoms with van der Waals surface area (Å²) < 4.78 is 0. The van der Waals surface area contributed by atoms with Crippen LogP contribution in [0.1, 0.15) is 41.5 Å². The second kappa shape index (κ2) is 3.71. The summed E-state index contributed by atoms with van der Waals surface area (Å²) in [5, 5.41) is 21.0. The summed E-state index contributed by atoms with van der Waals surface area (Å²) in [4.78, 5) is 0. The number of aliphatic hydroxyl groups is 2. The Morgan fingerprint density at radius 2 is 1.62 bits per heavy atom. The van der Waals surface area contributed by atoms with Gasteiger partial charge in [-0.3, -0.25) is 0 Å². The highest BCUT2D eigenvalue weighted by Gasteiger charge is 2.51. The highest BCUT2D eigenvalue weighted by molar-refractivity contribution is 5.37. The highest BCUT2D eigenvalue weighted by atomic mass is 16.3. The minimum absolute atomic E-state index is 0.159. The normalized spacial score (nSPS) is 31.5. The average molecular weight is 224 g/mol. The van der Waals surface area contributed by atoms with E-state index in [9.17, 15) is 10.2 Å². The zero-order valence-corrected chi connectivity index (χ0v) is 11.2. The van der Waals surface area contributed by atoms with Gasteiger partial charge in [-0.25, -0.2) is 0 Å². The van der Waals surface area contributed by atoms with Crippen molar-refractivity contribution in [1.29, 1.82) is 0 Å². The third-order valence-corrected chi connectivity index (χ3v) is 3.35. The predicted octanol–water partition coefficient (Wildman–Crippen LogP) is 2.67. The van der Waals surface area contributed by atoms with Crippen LogP contribution in [0.5, 0.6) is 0 Å². The summed E-state index contributed by atoms with van der Waals surface area (Å²) in [6.45, 7) is 12.0. The molecular weight excluding hydrogens is 200 g/mol. The smallest absolute Gasteiger partial charge is 0.121 e. The van der Waals surface area contributed by atoms with Gasteiger partial charge in [0.25, 0.3) is 0 Å². The molecule has 1 aliphatic carbocycles. The van der Waals surface area contributed by atoms with Gasteiger partial charge in [-0.1, -0.05) is 59.8 Å². The highest BCUT2D eigenvalue weighted by Crippen LogP contribution is 2.47. The molecule has 0 aromatic rings. The van der Waals surface area contributed by atoms with Crippen molar-refractivity contribution in [3.8, 4) is 0 Å². The van der Waals surface area contributed by atoms with Crippen molar-refractivity contribution in [1.82, 2.24) is 0 Å². The van der Waals surface area contributed by atoms with Crippen LogP contribution in [0.3, 0.4) is 0 Å². The lowest BCUT2D eigenvalue weighted by Crippen LogP contribution is -2.56. The van der Waals surface area contributed by atoms with Gasteiger partial charge in [-0.15, -0.1) is 0 Å². The third kappa shape index (κ3) is 1.96. The van der Waals surface area contributed by atoms with Gasteiger partial charge in [-0.05, 0) is 16.4 Å². The molecule has 0 saturated heterocycles. The Morgan fingerprint density at radius 1 is 1.12 bits per heavy atom. The van der Waals surface area contributed by atoms with Crippen LogP contribution >= 0.6 is 0 Å². The molecule has 0 fully saturated rings. The maximum Gasteiger partial charge on any atom is 0.121 e. The van der Waals surface area contributed by atoms with E-state index in [1.807, 2.05) is 32.9 Å². The van der Waals surface area contributed by atoms with Crippen molar-refractivity contribution >= 4 is 0 Å². The molecule has 1 aliphatic rings. The van der Waals surface area contributed by atoms with Gasteiger partial charge in [-0.2, -0.15) is 0 Å². The molecule has 0 aromatic heterocycles. The summed E-state index contributed by atoms with van der Waals surface area (Å²) in [7, 11) is 0. The fourth-order valence-corrected chi connectivity index (χ4v) is 2.35. The van der Waals surface area contributed by atoms with Crippen LogP contribution in [-0.4, -0.2) is 21.9 Å². The fourth-order valence-electron chi connectivity index (χ4n) is 2.35. The van der Waals surface area contributed by atoms with Gasteiger partial charge in [0.15, 0.2) is 0 Å². The van der Waals surface area contributed by atoms with Crippen molar-refractivity contribution in [3.63, 3.8) is 0 Å². The van der Waals surface area contributed by atoms with E-state index in [4.69, 9.17) is 0 Å². The molecule has 0 aliphatic heterocycles. The molecule has 0 spiro atoms. The third-order valence-electron chi connectivity index (χ3n) is 3.35. The van der Waals surface area contributed by atoms with Crippen LogP contribution in [0.15, 0.2) is 23.8 Å². The molecule has 0 amide bonds. The van der Waals surface area contributed by atoms with Gasteiger partial charge in [0.2, 0.25) is 0 Å². The molecule has 0 aromatic carbocycles. The molecule has 2 unspecified atom stereocenters. The molecule has 92 valence electrons. The van der Waals surface area contributed by atoms with Crippen molar-refractivity contribution in [2.45, 2.75) is 53.2 Å². The summed E-state index contributed by atoms with van der Waals surface area (Å²) >= 11 is 0. The zero-order valence-electron chi connectivity index (χ0n) is 11.2. The lowest BCUT2D eigenvalue weighted by molar-refractivity contribution is -0.107. The summed E-state index contributed by atoms with van der Waals surface area (Å²) in [5.41, 5.74) is -0.869. The Balaban J connectivity index is 3.34. The van der Waals surface area contributed by atoms with Crippen LogP contribution in [0.2, 0.25) is 0 Å². The minimum Gasteiger partial charge on any atom is -0.386 e. The largest absolute Gasteiger partial charge is 0.386 e. The van der Waals surface area contributed by atoms with E-state index in [0.29, 0.717) is 0 Å². The molecule has 1 rings (SSSR count). The summed E-state index contributed by atoms with van der Waals surface area (Å²) in [6, 6.07) is 0. The van der Waals surface area contributed by atoms with E-state index in [0.717, 1.165) is 5.57 Å². The standard InChI is InChI=1S/C14H24O2/c1-12(2,3)10-8-7-9-11(15)14(10,16)13(4,5)6/h7-9,11,15-16H,1-6H3. The minimum atomic E-state index is -1.19. The van der Waals surface area contributed by atoms with Gasteiger partial charge in [0.05, 0.1) is 0 Å². The topological polar surface area (TPSA) is 40.5 Å². The Labute approximate surface area is 98.7 Å². The summed E-state index contributed by atoms with van der Waals surface area (Å²) in [6.07, 6.45) is 4.57. The molecular formula is C14H24O2. The molecule has 2 heteroatoms. The van der Waals surface area contributed by atoms with E-state index in [1.165, 1.54) is 0 Å². The van der Waals surface area contributed by atoms with E-state index in [2.05, 4.69) is 20.8 Å².